The van der Waals surface area contributed by atoms with Crippen molar-refractivity contribution in [1.82, 2.24) is 9.80 Å². The average molecular weight is 181 g/mol. The summed E-state index contributed by atoms with van der Waals surface area (Å²) in [6, 6.07) is 0. The third kappa shape index (κ3) is 1.34. The van der Waals surface area contributed by atoms with Crippen LogP contribution in [0.1, 0.15) is 13.3 Å². The van der Waals surface area contributed by atoms with Crippen molar-refractivity contribution in [2.75, 3.05) is 20.1 Å². The summed E-state index contributed by atoms with van der Waals surface area (Å²) in [5, 5.41) is 0. The molecule has 0 bridgehead atoms. The first-order valence-electron chi connectivity index (χ1n) is 4.58. The first-order valence-corrected chi connectivity index (χ1v) is 4.58. The Morgan fingerprint density at radius 3 is 3.00 bits per heavy atom. The lowest BCUT2D eigenvalue weighted by atomic mass is 10.2. The zero-order valence-corrected chi connectivity index (χ0v) is 8.06. The highest BCUT2D eigenvalue weighted by Gasteiger charge is 2.27. The van der Waals surface area contributed by atoms with E-state index in [1.54, 1.807) is 0 Å². The first-order chi connectivity index (χ1) is 6.18. The summed E-state index contributed by atoms with van der Waals surface area (Å²) in [6.45, 7) is 4.12. The summed E-state index contributed by atoms with van der Waals surface area (Å²) in [5.41, 5.74) is 5.60. The second-order valence-electron chi connectivity index (χ2n) is 3.50. The van der Waals surface area contributed by atoms with Crippen LogP contribution < -0.4 is 5.73 Å². The van der Waals surface area contributed by atoms with Gasteiger partial charge in [0.2, 0.25) is 11.9 Å². The molecule has 0 aromatic heterocycles. The fourth-order valence-corrected chi connectivity index (χ4v) is 1.79. The predicted octanol–water partition coefficient (Wildman–Crippen LogP) is -0.346. The molecule has 0 saturated carbocycles. The summed E-state index contributed by atoms with van der Waals surface area (Å²) >= 11 is 0. The molecule has 0 radical (unpaired) electrons. The van der Waals surface area contributed by atoms with Gasteiger partial charge in [-0.3, -0.25) is 0 Å². The van der Waals surface area contributed by atoms with Crippen LogP contribution in [0.25, 0.3) is 0 Å². The Labute approximate surface area is 77.9 Å². The SMILES string of the molecule is CC1N=C(N)N=C2N(C)CCCN21. The molecule has 0 aromatic rings. The largest absolute Gasteiger partial charge is 0.368 e. The second-order valence-corrected chi connectivity index (χ2v) is 3.50. The van der Waals surface area contributed by atoms with Gasteiger partial charge in [-0.25, -0.2) is 4.99 Å². The minimum Gasteiger partial charge on any atom is -0.368 e. The Bertz CT molecular complexity index is 270. The number of hydrogen-bond donors (Lipinski definition) is 1. The molecular formula is C8H15N5. The van der Waals surface area contributed by atoms with E-state index in [0.29, 0.717) is 5.96 Å². The lowest BCUT2D eigenvalue weighted by Crippen LogP contribution is -2.54. The summed E-state index contributed by atoms with van der Waals surface area (Å²) in [6.07, 6.45) is 1.30. The monoisotopic (exact) mass is 181 g/mol. The van der Waals surface area contributed by atoms with E-state index >= 15 is 0 Å². The van der Waals surface area contributed by atoms with Crippen LogP contribution in [0.5, 0.6) is 0 Å². The van der Waals surface area contributed by atoms with Crippen molar-refractivity contribution in [3.05, 3.63) is 0 Å². The minimum atomic E-state index is 0.134. The summed E-state index contributed by atoms with van der Waals surface area (Å²) < 4.78 is 0. The zero-order chi connectivity index (χ0) is 9.42. The van der Waals surface area contributed by atoms with Gasteiger partial charge in [-0.1, -0.05) is 0 Å². The van der Waals surface area contributed by atoms with Crippen LogP contribution in [0.3, 0.4) is 0 Å². The van der Waals surface area contributed by atoms with Gasteiger partial charge in [-0.05, 0) is 13.3 Å². The van der Waals surface area contributed by atoms with E-state index in [-0.39, 0.29) is 6.17 Å². The van der Waals surface area contributed by atoms with Gasteiger partial charge in [-0.15, -0.1) is 0 Å². The lowest BCUT2D eigenvalue weighted by Gasteiger charge is -2.40. The number of nitrogens with zero attached hydrogens (tertiary/aromatic N) is 4. The lowest BCUT2D eigenvalue weighted by molar-refractivity contribution is 0.237. The Morgan fingerprint density at radius 1 is 1.46 bits per heavy atom. The van der Waals surface area contributed by atoms with Crippen LogP contribution in [-0.4, -0.2) is 48.0 Å². The number of fused-ring (bicyclic) bond motifs is 1. The summed E-state index contributed by atoms with van der Waals surface area (Å²) in [4.78, 5) is 12.7. The molecule has 1 saturated heterocycles. The minimum absolute atomic E-state index is 0.134. The van der Waals surface area contributed by atoms with Crippen LogP contribution in [0.2, 0.25) is 0 Å². The molecular weight excluding hydrogens is 166 g/mol. The average Bonchev–Trinajstić information content (AvgIpc) is 2.07. The Hall–Kier alpha value is -1.26. The maximum Gasteiger partial charge on any atom is 0.220 e. The zero-order valence-electron chi connectivity index (χ0n) is 8.06. The van der Waals surface area contributed by atoms with Crippen LogP contribution >= 0.6 is 0 Å². The Morgan fingerprint density at radius 2 is 2.23 bits per heavy atom. The van der Waals surface area contributed by atoms with Crippen molar-refractivity contribution in [3.63, 3.8) is 0 Å². The van der Waals surface area contributed by atoms with Crippen LogP contribution in [0, 0.1) is 0 Å². The van der Waals surface area contributed by atoms with E-state index in [2.05, 4.69) is 19.8 Å². The normalized spacial score (nSPS) is 28.0. The van der Waals surface area contributed by atoms with E-state index in [0.717, 1.165) is 25.5 Å². The Balaban J connectivity index is 2.29. The number of nitrogens with two attached hydrogens (primary N) is 1. The number of aliphatic imine (C=N–C) groups is 2. The van der Waals surface area contributed by atoms with Gasteiger partial charge in [0.15, 0.2) is 0 Å². The quantitative estimate of drug-likeness (QED) is 0.556. The molecule has 1 atom stereocenters. The highest BCUT2D eigenvalue weighted by Crippen LogP contribution is 2.15. The van der Waals surface area contributed by atoms with Gasteiger partial charge < -0.3 is 15.5 Å². The van der Waals surface area contributed by atoms with E-state index in [1.807, 2.05) is 14.0 Å². The van der Waals surface area contributed by atoms with E-state index in [4.69, 9.17) is 5.73 Å². The summed E-state index contributed by atoms with van der Waals surface area (Å²) in [7, 11) is 2.04. The van der Waals surface area contributed by atoms with E-state index in [9.17, 15) is 0 Å². The topological polar surface area (TPSA) is 57.2 Å². The fourth-order valence-electron chi connectivity index (χ4n) is 1.79. The van der Waals surface area contributed by atoms with E-state index in [1.165, 1.54) is 0 Å². The van der Waals surface area contributed by atoms with Gasteiger partial charge >= 0.3 is 0 Å². The van der Waals surface area contributed by atoms with Crippen molar-refractivity contribution >= 4 is 11.9 Å². The molecule has 5 heteroatoms. The van der Waals surface area contributed by atoms with Crippen molar-refractivity contribution in [3.8, 4) is 0 Å². The molecule has 5 nitrogen and oxygen atoms in total. The molecule has 13 heavy (non-hydrogen) atoms. The van der Waals surface area contributed by atoms with Crippen LogP contribution in [0.4, 0.5) is 0 Å². The predicted molar refractivity (Wildman–Crippen MR) is 52.5 cm³/mol. The van der Waals surface area contributed by atoms with Crippen molar-refractivity contribution in [1.29, 1.82) is 0 Å². The van der Waals surface area contributed by atoms with Crippen LogP contribution in [0.15, 0.2) is 9.98 Å². The van der Waals surface area contributed by atoms with Crippen molar-refractivity contribution < 1.29 is 0 Å². The molecule has 0 amide bonds. The summed E-state index contributed by atoms with van der Waals surface area (Å²) in [5.74, 6) is 1.36. The highest BCUT2D eigenvalue weighted by molar-refractivity contribution is 5.96. The molecule has 0 aromatic carbocycles. The van der Waals surface area contributed by atoms with Gasteiger partial charge in [0.25, 0.3) is 0 Å². The molecule has 0 aliphatic carbocycles. The second kappa shape index (κ2) is 2.90. The molecule has 72 valence electrons. The van der Waals surface area contributed by atoms with Gasteiger partial charge in [0, 0.05) is 20.1 Å². The number of rotatable bonds is 0. The molecule has 2 heterocycles. The third-order valence-corrected chi connectivity index (χ3v) is 2.48. The van der Waals surface area contributed by atoms with Crippen LogP contribution in [-0.2, 0) is 0 Å². The molecule has 2 rings (SSSR count). The van der Waals surface area contributed by atoms with E-state index < -0.39 is 0 Å². The molecule has 2 aliphatic heterocycles. The maximum atomic E-state index is 5.60. The number of guanidine groups is 2. The third-order valence-electron chi connectivity index (χ3n) is 2.48. The molecule has 2 aliphatic rings. The van der Waals surface area contributed by atoms with Crippen molar-refractivity contribution in [2.45, 2.75) is 19.5 Å². The van der Waals surface area contributed by atoms with Crippen molar-refractivity contribution in [2.24, 2.45) is 15.7 Å². The fraction of sp³-hybridized carbons (Fsp3) is 0.750. The van der Waals surface area contributed by atoms with Gasteiger partial charge in [0.1, 0.15) is 6.17 Å². The highest BCUT2D eigenvalue weighted by atomic mass is 15.5. The molecule has 2 N–H and O–H groups in total. The van der Waals surface area contributed by atoms with Gasteiger partial charge in [0.05, 0.1) is 0 Å². The maximum absolute atomic E-state index is 5.60. The number of hydrogen-bond acceptors (Lipinski definition) is 5. The van der Waals surface area contributed by atoms with Gasteiger partial charge in [-0.2, -0.15) is 4.99 Å². The smallest absolute Gasteiger partial charge is 0.220 e. The first kappa shape index (κ1) is 8.34. The Kier molecular flexibility index (Phi) is 1.86. The standard InChI is InChI=1S/C8H15N5/c1-6-10-7(9)11-8-12(2)4-3-5-13(6)8/h6H,3-5H2,1-2H3,(H2,9,10). The molecule has 1 fully saturated rings. The molecule has 1 unspecified atom stereocenters. The molecule has 0 spiro atoms.